The van der Waals surface area contributed by atoms with E-state index in [-0.39, 0.29) is 24.7 Å². The largest absolute Gasteiger partial charge is 0.457 e. The molecule has 0 spiro atoms. The van der Waals surface area contributed by atoms with E-state index < -0.39 is 11.9 Å². The zero-order valence-electron chi connectivity index (χ0n) is 12.5. The average molecular weight is 327 g/mol. The molecule has 0 saturated heterocycles. The van der Waals surface area contributed by atoms with Gasteiger partial charge in [-0.3, -0.25) is 4.98 Å². The molecular formula is C17H13NO6. The summed E-state index contributed by atoms with van der Waals surface area (Å²) in [6.45, 7) is -0.0288. The number of nitrogens with zero attached hydrogens (tertiary/aromatic N) is 1. The Morgan fingerprint density at radius 1 is 0.792 bits per heavy atom. The van der Waals surface area contributed by atoms with Gasteiger partial charge in [0.2, 0.25) is 11.5 Å². The van der Waals surface area contributed by atoms with Gasteiger partial charge in [-0.1, -0.05) is 6.07 Å². The van der Waals surface area contributed by atoms with Crippen LogP contribution in [0.1, 0.15) is 32.5 Å². The van der Waals surface area contributed by atoms with Crippen molar-refractivity contribution in [1.82, 2.24) is 4.98 Å². The Balaban J connectivity index is 1.54. The first-order chi connectivity index (χ1) is 11.7. The number of aromatic nitrogens is 1. The van der Waals surface area contributed by atoms with Gasteiger partial charge in [0.15, 0.2) is 0 Å². The second-order valence-electron chi connectivity index (χ2n) is 4.73. The summed E-state index contributed by atoms with van der Waals surface area (Å²) in [5.41, 5.74) is 1.06. The number of ether oxygens (including phenoxy) is 2. The Bertz CT molecular complexity index is 742. The van der Waals surface area contributed by atoms with E-state index in [0.29, 0.717) is 11.4 Å². The summed E-state index contributed by atoms with van der Waals surface area (Å²) in [6.07, 6.45) is 2.78. The van der Waals surface area contributed by atoms with Gasteiger partial charge in [-0.25, -0.2) is 9.59 Å². The fourth-order valence-corrected chi connectivity index (χ4v) is 1.90. The van der Waals surface area contributed by atoms with Crippen molar-refractivity contribution < 1.29 is 27.9 Å². The molecule has 3 aromatic heterocycles. The molecule has 0 aliphatic rings. The van der Waals surface area contributed by atoms with Crippen LogP contribution >= 0.6 is 0 Å². The van der Waals surface area contributed by atoms with Crippen LogP contribution in [0.5, 0.6) is 0 Å². The minimum Gasteiger partial charge on any atom is -0.457 e. The van der Waals surface area contributed by atoms with E-state index in [1.54, 1.807) is 30.3 Å². The molecule has 7 heteroatoms. The Labute approximate surface area is 136 Å². The highest BCUT2D eigenvalue weighted by Gasteiger charge is 2.12. The molecule has 122 valence electrons. The van der Waals surface area contributed by atoms with Crippen molar-refractivity contribution in [3.05, 3.63) is 77.9 Å². The fraction of sp³-hybridized carbons (Fsp3) is 0.118. The number of furan rings is 2. The van der Waals surface area contributed by atoms with Crippen molar-refractivity contribution in [3.63, 3.8) is 0 Å². The van der Waals surface area contributed by atoms with Gasteiger partial charge >= 0.3 is 11.9 Å². The molecule has 3 heterocycles. The average Bonchev–Trinajstić information content (AvgIpc) is 3.31. The van der Waals surface area contributed by atoms with E-state index >= 15 is 0 Å². The molecule has 24 heavy (non-hydrogen) atoms. The van der Waals surface area contributed by atoms with Crippen LogP contribution in [0.4, 0.5) is 0 Å². The first-order valence-corrected chi connectivity index (χ1v) is 7.08. The standard InChI is InChI=1S/C17H13NO6/c19-16(14-6-2-8-21-14)23-10-12-4-1-5-13(18-12)11-24-17(20)15-7-3-9-22-15/h1-9H,10-11H2. The van der Waals surface area contributed by atoms with Gasteiger partial charge in [0.25, 0.3) is 0 Å². The Hall–Kier alpha value is -3.35. The lowest BCUT2D eigenvalue weighted by atomic mass is 10.3. The highest BCUT2D eigenvalue weighted by Crippen LogP contribution is 2.08. The maximum Gasteiger partial charge on any atom is 0.374 e. The Morgan fingerprint density at radius 3 is 1.71 bits per heavy atom. The summed E-state index contributed by atoms with van der Waals surface area (Å²) in [5.74, 6) is -0.898. The molecule has 3 rings (SSSR count). The molecule has 0 radical (unpaired) electrons. The van der Waals surface area contributed by atoms with Crippen LogP contribution in [0.3, 0.4) is 0 Å². The van der Waals surface area contributed by atoms with Gasteiger partial charge in [-0.15, -0.1) is 0 Å². The van der Waals surface area contributed by atoms with Crippen LogP contribution in [0, 0.1) is 0 Å². The predicted octanol–water partition coefficient (Wildman–Crippen LogP) is 2.98. The molecule has 0 saturated carbocycles. The molecule has 0 amide bonds. The van der Waals surface area contributed by atoms with Gasteiger partial charge in [-0.05, 0) is 36.4 Å². The van der Waals surface area contributed by atoms with E-state index in [0.717, 1.165) is 0 Å². The lowest BCUT2D eigenvalue weighted by molar-refractivity contribution is 0.0426. The molecule has 0 aliphatic carbocycles. The second-order valence-corrected chi connectivity index (χ2v) is 4.73. The number of pyridine rings is 1. The first-order valence-electron chi connectivity index (χ1n) is 7.08. The van der Waals surface area contributed by atoms with Crippen molar-refractivity contribution in [2.24, 2.45) is 0 Å². The zero-order valence-corrected chi connectivity index (χ0v) is 12.5. The summed E-state index contributed by atoms with van der Waals surface area (Å²) in [4.78, 5) is 27.6. The number of rotatable bonds is 6. The quantitative estimate of drug-likeness (QED) is 0.643. The SMILES string of the molecule is O=C(OCc1cccc(COC(=O)c2ccco2)n1)c1ccco1. The van der Waals surface area contributed by atoms with Crippen LogP contribution in [0.25, 0.3) is 0 Å². The Kier molecular flexibility index (Phi) is 4.71. The van der Waals surface area contributed by atoms with Crippen molar-refractivity contribution >= 4 is 11.9 Å². The van der Waals surface area contributed by atoms with Crippen LogP contribution in [-0.2, 0) is 22.7 Å². The van der Waals surface area contributed by atoms with Crippen LogP contribution < -0.4 is 0 Å². The van der Waals surface area contributed by atoms with Crippen LogP contribution in [0.2, 0.25) is 0 Å². The number of hydrogen-bond acceptors (Lipinski definition) is 7. The number of carbonyl (C=O) groups excluding carboxylic acids is 2. The monoisotopic (exact) mass is 327 g/mol. The molecule has 0 fully saturated rings. The van der Waals surface area contributed by atoms with Crippen molar-refractivity contribution in [2.45, 2.75) is 13.2 Å². The fourth-order valence-electron chi connectivity index (χ4n) is 1.90. The molecule has 7 nitrogen and oxygen atoms in total. The number of carbonyl (C=O) groups is 2. The van der Waals surface area contributed by atoms with Crippen molar-refractivity contribution in [3.8, 4) is 0 Å². The highest BCUT2D eigenvalue weighted by molar-refractivity contribution is 5.86. The van der Waals surface area contributed by atoms with E-state index in [1.807, 2.05) is 0 Å². The van der Waals surface area contributed by atoms with E-state index in [4.69, 9.17) is 18.3 Å². The van der Waals surface area contributed by atoms with Gasteiger partial charge in [0, 0.05) is 0 Å². The lowest BCUT2D eigenvalue weighted by Crippen LogP contribution is -2.08. The normalized spacial score (nSPS) is 10.3. The van der Waals surface area contributed by atoms with Gasteiger partial charge in [0.1, 0.15) is 13.2 Å². The molecule has 3 aromatic rings. The first kappa shape index (κ1) is 15.5. The van der Waals surface area contributed by atoms with E-state index in [9.17, 15) is 9.59 Å². The van der Waals surface area contributed by atoms with Crippen LogP contribution in [0.15, 0.2) is 63.8 Å². The highest BCUT2D eigenvalue weighted by atomic mass is 16.5. The number of esters is 2. The number of hydrogen-bond donors (Lipinski definition) is 0. The molecule has 0 aliphatic heterocycles. The molecule has 0 aromatic carbocycles. The summed E-state index contributed by atoms with van der Waals surface area (Å²) in [7, 11) is 0. The smallest absolute Gasteiger partial charge is 0.374 e. The predicted molar refractivity (Wildman–Crippen MR) is 79.9 cm³/mol. The van der Waals surface area contributed by atoms with Gasteiger partial charge in [0.05, 0.1) is 23.9 Å². The maximum absolute atomic E-state index is 11.7. The van der Waals surface area contributed by atoms with Crippen molar-refractivity contribution in [2.75, 3.05) is 0 Å². The van der Waals surface area contributed by atoms with Gasteiger partial charge < -0.3 is 18.3 Å². The van der Waals surface area contributed by atoms with Crippen LogP contribution in [-0.4, -0.2) is 16.9 Å². The topological polar surface area (TPSA) is 91.8 Å². The molecular weight excluding hydrogens is 314 g/mol. The van der Waals surface area contributed by atoms with E-state index in [1.165, 1.54) is 24.7 Å². The minimum absolute atomic E-state index is 0.0144. The molecule has 0 N–H and O–H groups in total. The summed E-state index contributed by atoms with van der Waals surface area (Å²) >= 11 is 0. The van der Waals surface area contributed by atoms with E-state index in [2.05, 4.69) is 4.98 Å². The summed E-state index contributed by atoms with van der Waals surface area (Å²) in [6, 6.07) is 11.4. The van der Waals surface area contributed by atoms with Gasteiger partial charge in [-0.2, -0.15) is 0 Å². The lowest BCUT2D eigenvalue weighted by Gasteiger charge is -2.06. The molecule has 0 atom stereocenters. The van der Waals surface area contributed by atoms with Crippen molar-refractivity contribution in [1.29, 1.82) is 0 Å². The summed E-state index contributed by atoms with van der Waals surface area (Å²) < 4.78 is 20.1. The molecule has 0 unspecified atom stereocenters. The second kappa shape index (κ2) is 7.28. The zero-order chi connectivity index (χ0) is 16.8. The third-order valence-corrected chi connectivity index (χ3v) is 3.01. The molecule has 0 bridgehead atoms. The third-order valence-electron chi connectivity index (χ3n) is 3.01. The Morgan fingerprint density at radius 2 is 1.29 bits per heavy atom. The third kappa shape index (κ3) is 3.89. The maximum atomic E-state index is 11.7. The summed E-state index contributed by atoms with van der Waals surface area (Å²) in [5, 5.41) is 0. The minimum atomic E-state index is -0.573.